The summed E-state index contributed by atoms with van der Waals surface area (Å²) in [6.07, 6.45) is -0.0894. The Labute approximate surface area is 212 Å². The number of nitrogens with zero attached hydrogens (tertiary/aromatic N) is 1. The van der Waals surface area contributed by atoms with Crippen molar-refractivity contribution in [3.8, 4) is 17.2 Å². The molecule has 9 heteroatoms. The number of carbonyl (C=O) groups excluding carboxylic acids is 2. The summed E-state index contributed by atoms with van der Waals surface area (Å²) in [6.45, 7) is 1.93. The van der Waals surface area contributed by atoms with Crippen molar-refractivity contribution in [1.29, 1.82) is 0 Å². The summed E-state index contributed by atoms with van der Waals surface area (Å²) in [5.41, 5.74) is 0.667. The second-order valence-corrected chi connectivity index (χ2v) is 8.22. The molecule has 0 aliphatic carbocycles. The van der Waals surface area contributed by atoms with Gasteiger partial charge in [-0.3, -0.25) is 19.5 Å². The number of hydrogen-bond donors (Lipinski definition) is 2. The Hall–Kier alpha value is -4.30. The number of nitrogens with one attached hydrogen (secondary N) is 2. The van der Waals surface area contributed by atoms with Gasteiger partial charge in [-0.15, -0.1) is 0 Å². The van der Waals surface area contributed by atoms with Gasteiger partial charge >= 0.3 is 5.97 Å². The van der Waals surface area contributed by atoms with E-state index in [0.29, 0.717) is 27.8 Å². The van der Waals surface area contributed by atoms with Crippen LogP contribution in [0.15, 0.2) is 89.7 Å². The zero-order valence-corrected chi connectivity index (χ0v) is 20.2. The van der Waals surface area contributed by atoms with Gasteiger partial charge in [-0.2, -0.15) is 0 Å². The smallest absolute Gasteiger partial charge is 0.308 e. The number of carbonyl (C=O) groups is 2. The lowest BCUT2D eigenvalue weighted by atomic mass is 10.0. The predicted octanol–water partition coefficient (Wildman–Crippen LogP) is 5.04. The molecule has 1 heterocycles. The van der Waals surface area contributed by atoms with Crippen molar-refractivity contribution >= 4 is 23.5 Å². The van der Waals surface area contributed by atoms with E-state index in [2.05, 4.69) is 10.4 Å². The van der Waals surface area contributed by atoms with Gasteiger partial charge in [0.15, 0.2) is 0 Å². The molecule has 0 fully saturated rings. The van der Waals surface area contributed by atoms with Crippen LogP contribution >= 0.6 is 11.6 Å². The van der Waals surface area contributed by atoms with Gasteiger partial charge in [0, 0.05) is 6.07 Å². The third kappa shape index (κ3) is 6.03. The second kappa shape index (κ2) is 11.4. The Balaban J connectivity index is 1.55. The van der Waals surface area contributed by atoms with Crippen LogP contribution in [-0.4, -0.2) is 28.3 Å². The summed E-state index contributed by atoms with van der Waals surface area (Å²) < 4.78 is 12.1. The standard InChI is InChI=1S/C27H24ClN3O5/c1-2-35-26(33)17-22(18-12-14-20(15-13-18)36-19-8-4-3-5-9-19)29-27(34)23-16-25(32)31(30-23)24-11-7-6-10-21(24)28/h3-16,22,30H,2,17H2,1H3,(H,29,34). The van der Waals surface area contributed by atoms with E-state index in [-0.39, 0.29) is 18.7 Å². The lowest BCUT2D eigenvalue weighted by Crippen LogP contribution is -2.31. The molecule has 36 heavy (non-hydrogen) atoms. The largest absolute Gasteiger partial charge is 0.466 e. The molecular weight excluding hydrogens is 482 g/mol. The topological polar surface area (TPSA) is 102 Å². The van der Waals surface area contributed by atoms with Crippen LogP contribution in [0.4, 0.5) is 0 Å². The van der Waals surface area contributed by atoms with Crippen LogP contribution in [0.1, 0.15) is 35.4 Å². The van der Waals surface area contributed by atoms with Crippen molar-refractivity contribution in [2.75, 3.05) is 6.61 Å². The van der Waals surface area contributed by atoms with Crippen LogP contribution in [-0.2, 0) is 9.53 Å². The first-order chi connectivity index (χ1) is 17.4. The van der Waals surface area contributed by atoms with Gasteiger partial charge in [-0.1, -0.05) is 54.1 Å². The predicted molar refractivity (Wildman–Crippen MR) is 136 cm³/mol. The monoisotopic (exact) mass is 505 g/mol. The maximum absolute atomic E-state index is 13.1. The zero-order chi connectivity index (χ0) is 25.5. The van der Waals surface area contributed by atoms with Crippen LogP contribution in [0, 0.1) is 0 Å². The number of benzene rings is 3. The van der Waals surface area contributed by atoms with Crippen molar-refractivity contribution in [2.24, 2.45) is 0 Å². The molecule has 4 rings (SSSR count). The molecule has 4 aromatic rings. The lowest BCUT2D eigenvalue weighted by Gasteiger charge is -2.18. The third-order valence-corrected chi connectivity index (χ3v) is 5.62. The fourth-order valence-corrected chi connectivity index (χ4v) is 3.81. The molecule has 1 unspecified atom stereocenters. The van der Waals surface area contributed by atoms with Gasteiger partial charge in [-0.05, 0) is 48.9 Å². The molecule has 0 spiro atoms. The Kier molecular flexibility index (Phi) is 7.87. The minimum Gasteiger partial charge on any atom is -0.466 e. The highest BCUT2D eigenvalue weighted by molar-refractivity contribution is 6.32. The van der Waals surface area contributed by atoms with Crippen molar-refractivity contribution in [1.82, 2.24) is 15.1 Å². The summed E-state index contributed by atoms with van der Waals surface area (Å²) >= 11 is 6.19. The Morgan fingerprint density at radius 1 is 0.972 bits per heavy atom. The van der Waals surface area contributed by atoms with Gasteiger partial charge < -0.3 is 14.8 Å². The number of amides is 1. The summed E-state index contributed by atoms with van der Waals surface area (Å²) in [6, 6.07) is 23.6. The molecule has 0 aliphatic heterocycles. The molecule has 1 aromatic heterocycles. The van der Waals surface area contributed by atoms with E-state index in [1.165, 1.54) is 10.7 Å². The first-order valence-electron chi connectivity index (χ1n) is 11.3. The maximum Gasteiger partial charge on any atom is 0.308 e. The molecule has 184 valence electrons. The number of para-hydroxylation sites is 2. The van der Waals surface area contributed by atoms with E-state index in [9.17, 15) is 14.4 Å². The Bertz CT molecular complexity index is 1400. The van der Waals surface area contributed by atoms with Crippen LogP contribution in [0.25, 0.3) is 5.69 Å². The van der Waals surface area contributed by atoms with Crippen LogP contribution in [0.5, 0.6) is 11.5 Å². The van der Waals surface area contributed by atoms with Gasteiger partial charge in [0.25, 0.3) is 11.5 Å². The van der Waals surface area contributed by atoms with E-state index in [4.69, 9.17) is 21.1 Å². The van der Waals surface area contributed by atoms with Gasteiger partial charge in [0.2, 0.25) is 0 Å². The number of esters is 1. The minimum absolute atomic E-state index is 0.0257. The fourth-order valence-electron chi connectivity index (χ4n) is 3.59. The van der Waals surface area contributed by atoms with Gasteiger partial charge in [0.05, 0.1) is 29.8 Å². The maximum atomic E-state index is 13.1. The number of aromatic nitrogens is 2. The van der Waals surface area contributed by atoms with Crippen molar-refractivity contribution < 1.29 is 19.1 Å². The molecule has 1 atom stereocenters. The van der Waals surface area contributed by atoms with Crippen LogP contribution < -0.4 is 15.6 Å². The minimum atomic E-state index is -0.700. The summed E-state index contributed by atoms with van der Waals surface area (Å²) in [5, 5.41) is 5.95. The number of H-pyrrole nitrogens is 1. The summed E-state index contributed by atoms with van der Waals surface area (Å²) in [7, 11) is 0. The summed E-state index contributed by atoms with van der Waals surface area (Å²) in [5.74, 6) is 0.271. The van der Waals surface area contributed by atoms with E-state index in [1.807, 2.05) is 30.3 Å². The molecule has 0 saturated carbocycles. The number of hydrogen-bond acceptors (Lipinski definition) is 5. The molecule has 1 amide bonds. The molecule has 2 N–H and O–H groups in total. The van der Waals surface area contributed by atoms with Crippen molar-refractivity contribution in [3.63, 3.8) is 0 Å². The average molecular weight is 506 g/mol. The Morgan fingerprint density at radius 3 is 2.33 bits per heavy atom. The van der Waals surface area contributed by atoms with Crippen LogP contribution in [0.3, 0.4) is 0 Å². The fraction of sp³-hybridized carbons (Fsp3) is 0.148. The molecule has 0 saturated heterocycles. The van der Waals surface area contributed by atoms with E-state index in [0.717, 1.165) is 0 Å². The molecule has 0 bridgehead atoms. The Morgan fingerprint density at radius 2 is 1.64 bits per heavy atom. The molecule has 0 radical (unpaired) electrons. The third-order valence-electron chi connectivity index (χ3n) is 5.30. The SMILES string of the molecule is CCOC(=O)CC(NC(=O)c1cc(=O)n(-c2ccccc2Cl)[nH]1)c1ccc(Oc2ccccc2)cc1. The second-order valence-electron chi connectivity index (χ2n) is 7.81. The van der Waals surface area contributed by atoms with E-state index in [1.54, 1.807) is 55.5 Å². The molecule has 3 aromatic carbocycles. The van der Waals surface area contributed by atoms with Crippen molar-refractivity contribution in [2.45, 2.75) is 19.4 Å². The highest BCUT2D eigenvalue weighted by Gasteiger charge is 2.22. The number of halogens is 1. The van der Waals surface area contributed by atoms with E-state index < -0.39 is 23.5 Å². The number of rotatable bonds is 9. The highest BCUT2D eigenvalue weighted by atomic mass is 35.5. The molecule has 8 nitrogen and oxygen atoms in total. The number of ether oxygens (including phenoxy) is 2. The van der Waals surface area contributed by atoms with Gasteiger partial charge in [0.1, 0.15) is 17.2 Å². The van der Waals surface area contributed by atoms with Crippen molar-refractivity contribution in [3.05, 3.63) is 112 Å². The first kappa shape index (κ1) is 24.8. The molecular formula is C27H24ClN3O5. The summed E-state index contributed by atoms with van der Waals surface area (Å²) in [4.78, 5) is 37.8. The van der Waals surface area contributed by atoms with Gasteiger partial charge in [-0.25, -0.2) is 4.68 Å². The lowest BCUT2D eigenvalue weighted by molar-refractivity contribution is -0.143. The highest BCUT2D eigenvalue weighted by Crippen LogP contribution is 2.25. The first-order valence-corrected chi connectivity index (χ1v) is 11.7. The number of aromatic amines is 1. The normalized spacial score (nSPS) is 11.5. The average Bonchev–Trinajstić information content (AvgIpc) is 3.26. The molecule has 0 aliphatic rings. The quantitative estimate of drug-likeness (QED) is 0.310. The van der Waals surface area contributed by atoms with E-state index >= 15 is 0 Å². The zero-order valence-electron chi connectivity index (χ0n) is 19.4. The van der Waals surface area contributed by atoms with Crippen LogP contribution in [0.2, 0.25) is 5.02 Å².